The molecule has 0 unspecified atom stereocenters. The van der Waals surface area contributed by atoms with E-state index in [1.807, 2.05) is 18.4 Å². The molecular formula is C16H22NO3S-. The molecule has 0 spiro atoms. The summed E-state index contributed by atoms with van der Waals surface area (Å²) in [5.41, 5.74) is 1.59. The molecule has 1 atom stereocenters. The van der Waals surface area contributed by atoms with Gasteiger partial charge in [-0.25, -0.2) is 0 Å². The summed E-state index contributed by atoms with van der Waals surface area (Å²) in [5.74, 6) is -0.975. The maximum atomic E-state index is 12.1. The molecule has 0 radical (unpaired) electrons. The molecule has 21 heavy (non-hydrogen) atoms. The predicted molar refractivity (Wildman–Crippen MR) is 84.4 cm³/mol. The number of rotatable bonds is 6. The lowest BCUT2D eigenvalue weighted by atomic mass is 9.86. The van der Waals surface area contributed by atoms with Gasteiger partial charge in [-0.1, -0.05) is 32.9 Å². The molecule has 0 heterocycles. The van der Waals surface area contributed by atoms with Crippen LogP contribution in [-0.2, 0) is 10.2 Å². The van der Waals surface area contributed by atoms with E-state index < -0.39 is 12.0 Å². The van der Waals surface area contributed by atoms with Gasteiger partial charge in [-0.05, 0) is 41.5 Å². The molecule has 5 heteroatoms. The molecule has 0 fully saturated rings. The fraction of sp³-hybridized carbons (Fsp3) is 0.500. The van der Waals surface area contributed by atoms with Crippen molar-refractivity contribution in [3.05, 3.63) is 35.4 Å². The van der Waals surface area contributed by atoms with Crippen molar-refractivity contribution in [2.24, 2.45) is 0 Å². The smallest absolute Gasteiger partial charge is 0.251 e. The fourth-order valence-corrected chi connectivity index (χ4v) is 2.32. The molecule has 0 saturated carbocycles. The zero-order valence-electron chi connectivity index (χ0n) is 12.9. The lowest BCUT2D eigenvalue weighted by Gasteiger charge is -2.21. The van der Waals surface area contributed by atoms with Gasteiger partial charge in [0, 0.05) is 5.56 Å². The van der Waals surface area contributed by atoms with Crippen molar-refractivity contribution in [1.29, 1.82) is 0 Å². The Morgan fingerprint density at radius 1 is 1.24 bits per heavy atom. The molecule has 1 aromatic rings. The van der Waals surface area contributed by atoms with Crippen LogP contribution in [0.2, 0.25) is 0 Å². The number of aliphatic carboxylic acids is 1. The summed E-state index contributed by atoms with van der Waals surface area (Å²) >= 11 is 1.53. The van der Waals surface area contributed by atoms with E-state index in [-0.39, 0.29) is 11.3 Å². The molecule has 1 N–H and O–H groups in total. The van der Waals surface area contributed by atoms with Crippen molar-refractivity contribution in [2.45, 2.75) is 38.6 Å². The Morgan fingerprint density at radius 2 is 1.81 bits per heavy atom. The third-order valence-electron chi connectivity index (χ3n) is 3.21. The van der Waals surface area contributed by atoms with Gasteiger partial charge >= 0.3 is 0 Å². The van der Waals surface area contributed by atoms with Crippen LogP contribution < -0.4 is 10.4 Å². The van der Waals surface area contributed by atoms with Gasteiger partial charge in [0.1, 0.15) is 0 Å². The monoisotopic (exact) mass is 308 g/mol. The number of carbonyl (C=O) groups excluding carboxylic acids is 2. The first-order chi connectivity index (χ1) is 9.75. The topological polar surface area (TPSA) is 69.2 Å². The molecule has 0 aliphatic rings. The first-order valence-corrected chi connectivity index (χ1v) is 8.26. The molecule has 0 saturated heterocycles. The normalized spacial score (nSPS) is 12.8. The number of benzene rings is 1. The zero-order chi connectivity index (χ0) is 16.0. The Labute approximate surface area is 130 Å². The quantitative estimate of drug-likeness (QED) is 0.866. The highest BCUT2D eigenvalue weighted by molar-refractivity contribution is 7.98. The van der Waals surface area contributed by atoms with Gasteiger partial charge in [-0.15, -0.1) is 0 Å². The highest BCUT2D eigenvalue weighted by atomic mass is 32.2. The van der Waals surface area contributed by atoms with Crippen LogP contribution in [0.15, 0.2) is 24.3 Å². The van der Waals surface area contributed by atoms with Crippen molar-refractivity contribution < 1.29 is 14.7 Å². The minimum absolute atomic E-state index is 0.0148. The number of hydrogen-bond acceptors (Lipinski definition) is 4. The average Bonchev–Trinajstić information content (AvgIpc) is 2.42. The maximum absolute atomic E-state index is 12.1. The lowest BCUT2D eigenvalue weighted by molar-refractivity contribution is -0.308. The fourth-order valence-electron chi connectivity index (χ4n) is 1.85. The Kier molecular flexibility index (Phi) is 6.27. The number of thioether (sulfide) groups is 1. The van der Waals surface area contributed by atoms with Crippen LogP contribution in [0.1, 0.15) is 43.1 Å². The summed E-state index contributed by atoms with van der Waals surface area (Å²) in [4.78, 5) is 23.1. The van der Waals surface area contributed by atoms with E-state index in [9.17, 15) is 14.7 Å². The minimum Gasteiger partial charge on any atom is -0.548 e. The first-order valence-electron chi connectivity index (χ1n) is 6.87. The van der Waals surface area contributed by atoms with E-state index >= 15 is 0 Å². The van der Waals surface area contributed by atoms with Gasteiger partial charge in [-0.2, -0.15) is 11.8 Å². The largest absolute Gasteiger partial charge is 0.548 e. The Bertz CT molecular complexity index is 491. The number of nitrogens with one attached hydrogen (secondary N) is 1. The summed E-state index contributed by atoms with van der Waals surface area (Å²) in [6.45, 7) is 6.28. The zero-order valence-corrected chi connectivity index (χ0v) is 13.8. The summed E-state index contributed by atoms with van der Waals surface area (Å²) in [7, 11) is 0. The number of hydrogen-bond donors (Lipinski definition) is 1. The SMILES string of the molecule is CSCC[C@@H](NC(=O)c1ccc(C(C)(C)C)cc1)C(=O)[O-]. The molecule has 116 valence electrons. The molecule has 4 nitrogen and oxygen atoms in total. The third-order valence-corrected chi connectivity index (χ3v) is 3.86. The number of amides is 1. The third kappa shape index (κ3) is 5.42. The van der Waals surface area contributed by atoms with Gasteiger partial charge in [0.15, 0.2) is 0 Å². The molecule has 1 rings (SSSR count). The van der Waals surface area contributed by atoms with Gasteiger partial charge < -0.3 is 15.2 Å². The van der Waals surface area contributed by atoms with E-state index in [1.165, 1.54) is 11.8 Å². The maximum Gasteiger partial charge on any atom is 0.251 e. The molecule has 0 bridgehead atoms. The Balaban J connectivity index is 2.76. The van der Waals surface area contributed by atoms with Crippen LogP contribution in [0.25, 0.3) is 0 Å². The number of carbonyl (C=O) groups is 2. The summed E-state index contributed by atoms with van der Waals surface area (Å²) in [6, 6.07) is 6.27. The van der Waals surface area contributed by atoms with Crippen LogP contribution in [0.5, 0.6) is 0 Å². The van der Waals surface area contributed by atoms with Gasteiger partial charge in [-0.3, -0.25) is 4.79 Å². The van der Waals surface area contributed by atoms with E-state index in [0.29, 0.717) is 17.7 Å². The average molecular weight is 308 g/mol. The minimum atomic E-state index is -1.25. The Morgan fingerprint density at radius 3 is 2.24 bits per heavy atom. The second-order valence-corrected chi connectivity index (χ2v) is 6.94. The lowest BCUT2D eigenvalue weighted by Crippen LogP contribution is -2.48. The van der Waals surface area contributed by atoms with Gasteiger partial charge in [0.2, 0.25) is 0 Å². The molecule has 1 amide bonds. The van der Waals surface area contributed by atoms with Crippen molar-refractivity contribution in [3.63, 3.8) is 0 Å². The second-order valence-electron chi connectivity index (χ2n) is 5.95. The highest BCUT2D eigenvalue weighted by Crippen LogP contribution is 2.22. The van der Waals surface area contributed by atoms with Crippen molar-refractivity contribution in [1.82, 2.24) is 5.32 Å². The first kappa shape index (κ1) is 17.6. The number of carboxylic acid groups (broad SMARTS) is 1. The molecule has 0 aliphatic heterocycles. The van der Waals surface area contributed by atoms with Gasteiger partial charge in [0.05, 0.1) is 12.0 Å². The molecule has 0 aliphatic carbocycles. The van der Waals surface area contributed by atoms with E-state index in [0.717, 1.165) is 5.56 Å². The van der Waals surface area contributed by atoms with Crippen LogP contribution in [-0.4, -0.2) is 29.9 Å². The standard InChI is InChI=1S/C16H23NO3S/c1-16(2,3)12-7-5-11(6-8-12)14(18)17-13(15(19)20)9-10-21-4/h5-8,13H,9-10H2,1-4H3,(H,17,18)(H,19,20)/p-1/t13-/m1/s1. The van der Waals surface area contributed by atoms with Crippen LogP contribution in [0, 0.1) is 0 Å². The summed E-state index contributed by atoms with van der Waals surface area (Å²) in [6.07, 6.45) is 2.24. The van der Waals surface area contributed by atoms with E-state index in [2.05, 4.69) is 26.1 Å². The van der Waals surface area contributed by atoms with Crippen molar-refractivity contribution >= 4 is 23.6 Å². The summed E-state index contributed by atoms with van der Waals surface area (Å²) in [5, 5.41) is 13.5. The number of carboxylic acids is 1. The van der Waals surface area contributed by atoms with Crippen LogP contribution >= 0.6 is 11.8 Å². The highest BCUT2D eigenvalue weighted by Gasteiger charge is 2.17. The molecule has 1 aromatic carbocycles. The Hall–Kier alpha value is -1.49. The second kappa shape index (κ2) is 7.50. The molecule has 0 aromatic heterocycles. The van der Waals surface area contributed by atoms with Crippen LogP contribution in [0.3, 0.4) is 0 Å². The van der Waals surface area contributed by atoms with Crippen molar-refractivity contribution in [3.8, 4) is 0 Å². The van der Waals surface area contributed by atoms with E-state index in [4.69, 9.17) is 0 Å². The molecular weight excluding hydrogens is 286 g/mol. The van der Waals surface area contributed by atoms with Gasteiger partial charge in [0.25, 0.3) is 5.91 Å². The van der Waals surface area contributed by atoms with Crippen molar-refractivity contribution in [2.75, 3.05) is 12.0 Å². The summed E-state index contributed by atoms with van der Waals surface area (Å²) < 4.78 is 0. The predicted octanol–water partition coefficient (Wildman–Crippen LogP) is 1.59. The van der Waals surface area contributed by atoms with E-state index in [1.54, 1.807) is 12.1 Å². The van der Waals surface area contributed by atoms with Crippen LogP contribution in [0.4, 0.5) is 0 Å².